The quantitative estimate of drug-likeness (QED) is 0.605. The van der Waals surface area contributed by atoms with Crippen molar-refractivity contribution in [3.63, 3.8) is 0 Å². The summed E-state index contributed by atoms with van der Waals surface area (Å²) in [5.41, 5.74) is -3.50. The molecule has 1 aliphatic heterocycles. The minimum Gasteiger partial charge on any atom is -0.393 e. The van der Waals surface area contributed by atoms with Gasteiger partial charge in [-0.25, -0.2) is 25.6 Å². The molecule has 0 aliphatic carbocycles. The van der Waals surface area contributed by atoms with Crippen LogP contribution in [0.25, 0.3) is 0 Å². The Kier molecular flexibility index (Phi) is 6.58. The highest BCUT2D eigenvalue weighted by Crippen LogP contribution is 2.37. The smallest absolute Gasteiger partial charge is 0.244 e. The molecule has 1 heterocycles. The van der Waals surface area contributed by atoms with Crippen molar-refractivity contribution in [2.24, 2.45) is 0 Å². The van der Waals surface area contributed by atoms with Crippen LogP contribution in [-0.4, -0.2) is 61.9 Å². The zero-order chi connectivity index (χ0) is 24.1. The number of hydrogen-bond donors (Lipinski definition) is 2. The van der Waals surface area contributed by atoms with E-state index in [4.69, 9.17) is 28.5 Å². The molecule has 0 bridgehead atoms. The second-order valence-electron chi connectivity index (χ2n) is 7.04. The average molecular weight is 527 g/mol. The van der Waals surface area contributed by atoms with Crippen LogP contribution in [0.2, 0.25) is 10.0 Å². The summed E-state index contributed by atoms with van der Waals surface area (Å²) in [6.07, 6.45) is 0. The topological polar surface area (TPSA) is 136 Å². The lowest BCUT2D eigenvalue weighted by Crippen LogP contribution is -2.49. The molecule has 172 valence electrons. The van der Waals surface area contributed by atoms with Crippen molar-refractivity contribution in [1.29, 1.82) is 5.26 Å². The van der Waals surface area contributed by atoms with Crippen LogP contribution in [0, 0.1) is 23.0 Å². The molecular formula is C18H14Cl2F2N2O6S2. The number of sulfonamides is 1. The van der Waals surface area contributed by atoms with Gasteiger partial charge in [-0.2, -0.15) is 9.57 Å². The third-order valence-electron chi connectivity index (χ3n) is 5.04. The molecule has 2 aromatic rings. The van der Waals surface area contributed by atoms with E-state index in [2.05, 4.69) is 0 Å². The minimum atomic E-state index is -4.78. The fourth-order valence-corrected chi connectivity index (χ4v) is 7.68. The van der Waals surface area contributed by atoms with Gasteiger partial charge in [-0.1, -0.05) is 23.2 Å². The number of nitriles is 1. The molecule has 1 saturated heterocycles. The number of aliphatic hydroxyl groups is 2. The Morgan fingerprint density at radius 1 is 1.16 bits per heavy atom. The molecule has 1 aliphatic rings. The van der Waals surface area contributed by atoms with E-state index < -0.39 is 77.4 Å². The molecule has 3 rings (SSSR count). The molecule has 0 aromatic heterocycles. The Morgan fingerprint density at radius 2 is 1.75 bits per heavy atom. The zero-order valence-electron chi connectivity index (χ0n) is 15.8. The van der Waals surface area contributed by atoms with Crippen molar-refractivity contribution in [2.75, 3.05) is 19.7 Å². The van der Waals surface area contributed by atoms with Crippen LogP contribution in [0.3, 0.4) is 0 Å². The summed E-state index contributed by atoms with van der Waals surface area (Å²) in [4.78, 5) is -1.34. The lowest BCUT2D eigenvalue weighted by atomic mass is 10.1. The fraction of sp³-hybridized carbons (Fsp3) is 0.278. The number of halogens is 4. The molecular weight excluding hydrogens is 513 g/mol. The van der Waals surface area contributed by atoms with Gasteiger partial charge in [0.05, 0.1) is 16.5 Å². The van der Waals surface area contributed by atoms with Crippen LogP contribution in [0.15, 0.2) is 40.1 Å². The van der Waals surface area contributed by atoms with Gasteiger partial charge in [-0.05, 0) is 30.3 Å². The largest absolute Gasteiger partial charge is 0.393 e. The van der Waals surface area contributed by atoms with E-state index in [0.29, 0.717) is 16.4 Å². The molecule has 8 nitrogen and oxygen atoms in total. The summed E-state index contributed by atoms with van der Waals surface area (Å²) in [6, 6.07) is 5.51. The zero-order valence-corrected chi connectivity index (χ0v) is 19.0. The Bertz CT molecular complexity index is 1320. The maximum Gasteiger partial charge on any atom is 0.244 e. The number of rotatable bonds is 5. The van der Waals surface area contributed by atoms with Crippen molar-refractivity contribution >= 4 is 43.1 Å². The van der Waals surface area contributed by atoms with Crippen LogP contribution < -0.4 is 0 Å². The number of sulfone groups is 1. The summed E-state index contributed by atoms with van der Waals surface area (Å²) >= 11 is 11.7. The average Bonchev–Trinajstić information content (AvgIpc) is 3.07. The van der Waals surface area contributed by atoms with Gasteiger partial charge in [-0.3, -0.25) is 0 Å². The Hall–Kier alpha value is -1.85. The third-order valence-corrected chi connectivity index (χ3v) is 9.79. The second-order valence-corrected chi connectivity index (χ2v) is 11.9. The summed E-state index contributed by atoms with van der Waals surface area (Å²) in [7, 11) is -9.23. The number of hydrogen-bond acceptors (Lipinski definition) is 7. The molecule has 14 heteroatoms. The first-order valence-corrected chi connectivity index (χ1v) is 12.4. The molecule has 0 amide bonds. The van der Waals surface area contributed by atoms with E-state index in [0.717, 1.165) is 12.1 Å². The van der Waals surface area contributed by atoms with E-state index >= 15 is 0 Å². The van der Waals surface area contributed by atoms with Crippen LogP contribution in [0.4, 0.5) is 8.78 Å². The van der Waals surface area contributed by atoms with Gasteiger partial charge in [0.1, 0.15) is 39.0 Å². The highest BCUT2D eigenvalue weighted by molar-refractivity contribution is 7.92. The standard InChI is InChI=1S/C18H14Cl2F2N2O6S2/c19-10-1-2-16(13(20)3-10)32(29,30)24-7-17(18(26,8-24)9-25)31(27,28)11-4-14(21)12(6-23)15(22)5-11/h1-5,17,25-26H,7-9H2/t17-,18+/m0/s1. The Labute approximate surface area is 192 Å². The van der Waals surface area contributed by atoms with Crippen LogP contribution in [0.5, 0.6) is 0 Å². The minimum absolute atomic E-state index is 0.146. The molecule has 0 unspecified atom stereocenters. The van der Waals surface area contributed by atoms with Crippen molar-refractivity contribution in [3.05, 3.63) is 57.6 Å². The number of aliphatic hydroxyl groups excluding tert-OH is 1. The Balaban J connectivity index is 2.07. The van der Waals surface area contributed by atoms with Gasteiger partial charge in [-0.15, -0.1) is 0 Å². The van der Waals surface area contributed by atoms with Crippen molar-refractivity contribution < 1.29 is 35.8 Å². The first-order chi connectivity index (χ1) is 14.8. The summed E-state index contributed by atoms with van der Waals surface area (Å²) in [6.45, 7) is -2.85. The number of β-amino-alcohol motifs (C(OH)–C–C–N with tert-alkyl or cyclic N) is 1. The normalized spacial score (nSPS) is 22.1. The molecule has 0 saturated carbocycles. The van der Waals surface area contributed by atoms with Gasteiger partial charge in [0.2, 0.25) is 10.0 Å². The number of nitrogens with zero attached hydrogens (tertiary/aromatic N) is 2. The maximum absolute atomic E-state index is 14.0. The summed E-state index contributed by atoms with van der Waals surface area (Å²) < 4.78 is 80.8. The molecule has 2 atom stereocenters. The van der Waals surface area contributed by atoms with E-state index in [1.807, 2.05) is 0 Å². The summed E-state index contributed by atoms with van der Waals surface area (Å²) in [5, 5.41) is 27.1. The van der Waals surface area contributed by atoms with Crippen molar-refractivity contribution in [1.82, 2.24) is 4.31 Å². The maximum atomic E-state index is 14.0. The van der Waals surface area contributed by atoms with E-state index in [9.17, 15) is 35.8 Å². The highest BCUT2D eigenvalue weighted by Gasteiger charge is 2.55. The molecule has 0 spiro atoms. The lowest BCUT2D eigenvalue weighted by Gasteiger charge is -2.26. The highest BCUT2D eigenvalue weighted by atomic mass is 35.5. The van der Waals surface area contributed by atoms with Crippen molar-refractivity contribution in [2.45, 2.75) is 20.6 Å². The third kappa shape index (κ3) is 4.10. The van der Waals surface area contributed by atoms with Gasteiger partial charge in [0, 0.05) is 18.1 Å². The SMILES string of the molecule is N#Cc1c(F)cc(S(=O)(=O)[C@H]2CN(S(=O)(=O)c3ccc(Cl)cc3Cl)C[C@@]2(O)CO)cc1F. The molecule has 0 radical (unpaired) electrons. The van der Waals surface area contributed by atoms with Crippen LogP contribution >= 0.6 is 23.2 Å². The first kappa shape index (κ1) is 24.8. The molecule has 2 N–H and O–H groups in total. The Morgan fingerprint density at radius 3 is 2.25 bits per heavy atom. The monoisotopic (exact) mass is 526 g/mol. The van der Waals surface area contributed by atoms with Gasteiger partial charge in [0.25, 0.3) is 0 Å². The first-order valence-electron chi connectivity index (χ1n) is 8.69. The molecule has 1 fully saturated rings. The van der Waals surface area contributed by atoms with E-state index in [-0.39, 0.29) is 10.0 Å². The lowest BCUT2D eigenvalue weighted by molar-refractivity contribution is 0.00159. The van der Waals surface area contributed by atoms with Crippen LogP contribution in [0.1, 0.15) is 5.56 Å². The molecule has 32 heavy (non-hydrogen) atoms. The summed E-state index contributed by atoms with van der Waals surface area (Å²) in [5.74, 6) is -2.90. The number of benzene rings is 2. The predicted octanol–water partition coefficient (Wildman–Crippen LogP) is 1.71. The predicted molar refractivity (Wildman–Crippen MR) is 109 cm³/mol. The van der Waals surface area contributed by atoms with Gasteiger partial charge < -0.3 is 10.2 Å². The van der Waals surface area contributed by atoms with Gasteiger partial charge in [0.15, 0.2) is 9.84 Å². The second kappa shape index (κ2) is 8.49. The van der Waals surface area contributed by atoms with Crippen molar-refractivity contribution in [3.8, 4) is 6.07 Å². The fourth-order valence-electron chi connectivity index (χ4n) is 3.36. The van der Waals surface area contributed by atoms with E-state index in [1.54, 1.807) is 0 Å². The van der Waals surface area contributed by atoms with Crippen LogP contribution in [-0.2, 0) is 19.9 Å². The van der Waals surface area contributed by atoms with E-state index in [1.165, 1.54) is 12.1 Å². The molecule has 2 aromatic carbocycles. The van der Waals surface area contributed by atoms with Gasteiger partial charge >= 0.3 is 0 Å².